The largest absolute Gasteiger partial charge is 0.497 e. The number of nitrogen functional groups attached to an aromatic ring is 1. The van der Waals surface area contributed by atoms with Crippen molar-refractivity contribution in [1.29, 1.82) is 10.5 Å². The average molecular weight is 572 g/mol. The molecule has 4 rings (SSSR count). The summed E-state index contributed by atoms with van der Waals surface area (Å²) in [5.74, 6) is 2.54. The van der Waals surface area contributed by atoms with Crippen molar-refractivity contribution in [2.75, 3.05) is 26.6 Å². The molecule has 210 valence electrons. The predicted molar refractivity (Wildman–Crippen MR) is 154 cm³/mol. The minimum Gasteiger partial charge on any atom is -0.497 e. The number of anilines is 1. The van der Waals surface area contributed by atoms with E-state index in [2.05, 4.69) is 22.1 Å². The van der Waals surface area contributed by atoms with Gasteiger partial charge >= 0.3 is 0 Å². The molecule has 2 aromatic heterocycles. The summed E-state index contributed by atoms with van der Waals surface area (Å²) in [5.41, 5.74) is 9.84. The molecule has 11 heteroatoms. The highest BCUT2D eigenvalue weighted by molar-refractivity contribution is 7.98. The molecule has 0 amide bonds. The number of aliphatic hydroxyl groups excluding tert-OH is 2. The standard InChI is InChI=1S/C30H29N5O5S/c1-17-25(34-29(40-17)22-12-21(38-2)10-11-26(22)39-3)16-41-30-24(14-32)27(23(13-31)28(33)35-30)19-7-4-18(5-8-19)6-9-20(37)15-36/h4-5,7-8,10-12,20,36-37H,6,9,15-16H2,1-3H3,(H2,33,35)/t20-/m0/s1. The monoisotopic (exact) mass is 571 g/mol. The number of nitrogens with two attached hydrogens (primary N) is 1. The highest BCUT2D eigenvalue weighted by atomic mass is 32.2. The fraction of sp³-hybridized carbons (Fsp3) is 0.267. The highest BCUT2D eigenvalue weighted by Crippen LogP contribution is 2.38. The summed E-state index contributed by atoms with van der Waals surface area (Å²) in [5, 5.41) is 39.1. The van der Waals surface area contributed by atoms with Crippen molar-refractivity contribution >= 4 is 17.6 Å². The number of pyridine rings is 1. The van der Waals surface area contributed by atoms with Crippen LogP contribution in [0.5, 0.6) is 11.5 Å². The van der Waals surface area contributed by atoms with Gasteiger partial charge in [0.15, 0.2) is 0 Å². The molecule has 0 spiro atoms. The van der Waals surface area contributed by atoms with E-state index in [4.69, 9.17) is 24.7 Å². The molecule has 2 heterocycles. The minimum atomic E-state index is -0.786. The fourth-order valence-corrected chi connectivity index (χ4v) is 5.25. The second kappa shape index (κ2) is 13.2. The van der Waals surface area contributed by atoms with Crippen LogP contribution in [0, 0.1) is 29.6 Å². The van der Waals surface area contributed by atoms with Gasteiger partial charge in [0, 0.05) is 11.3 Å². The fourth-order valence-electron chi connectivity index (χ4n) is 4.25. The maximum atomic E-state index is 10.1. The first-order valence-electron chi connectivity index (χ1n) is 12.7. The molecular formula is C30H29N5O5S. The van der Waals surface area contributed by atoms with Gasteiger partial charge in [-0.2, -0.15) is 10.5 Å². The Balaban J connectivity index is 1.65. The van der Waals surface area contributed by atoms with Crippen molar-refractivity contribution in [3.05, 3.63) is 70.6 Å². The van der Waals surface area contributed by atoms with E-state index in [1.165, 1.54) is 11.8 Å². The van der Waals surface area contributed by atoms with E-state index in [0.717, 1.165) is 5.56 Å². The number of ether oxygens (including phenoxy) is 2. The lowest BCUT2D eigenvalue weighted by atomic mass is 9.95. The van der Waals surface area contributed by atoms with Crippen LogP contribution in [0.2, 0.25) is 0 Å². The van der Waals surface area contributed by atoms with Crippen LogP contribution < -0.4 is 15.2 Å². The number of aromatic nitrogens is 2. The van der Waals surface area contributed by atoms with Crippen molar-refractivity contribution in [1.82, 2.24) is 9.97 Å². The van der Waals surface area contributed by atoms with E-state index >= 15 is 0 Å². The van der Waals surface area contributed by atoms with Gasteiger partial charge in [-0.3, -0.25) is 0 Å². The van der Waals surface area contributed by atoms with Gasteiger partial charge in [0.2, 0.25) is 5.89 Å². The van der Waals surface area contributed by atoms with Gasteiger partial charge in [-0.05, 0) is 49.1 Å². The van der Waals surface area contributed by atoms with Gasteiger partial charge in [-0.25, -0.2) is 9.97 Å². The topological polar surface area (TPSA) is 171 Å². The molecule has 1 atom stereocenters. The molecule has 0 aliphatic carbocycles. The van der Waals surface area contributed by atoms with Crippen molar-refractivity contribution in [3.63, 3.8) is 0 Å². The van der Waals surface area contributed by atoms with Gasteiger partial charge in [0.1, 0.15) is 45.8 Å². The Morgan fingerprint density at radius 3 is 2.41 bits per heavy atom. The summed E-state index contributed by atoms with van der Waals surface area (Å²) in [7, 11) is 3.14. The van der Waals surface area contributed by atoms with E-state index in [1.54, 1.807) is 51.5 Å². The van der Waals surface area contributed by atoms with Crippen LogP contribution in [-0.4, -0.2) is 47.1 Å². The zero-order chi connectivity index (χ0) is 29.5. The number of oxazole rings is 1. The van der Waals surface area contributed by atoms with Crippen LogP contribution in [-0.2, 0) is 12.2 Å². The number of methoxy groups -OCH3 is 2. The zero-order valence-corrected chi connectivity index (χ0v) is 23.7. The quantitative estimate of drug-likeness (QED) is 0.214. The Morgan fingerprint density at radius 2 is 1.78 bits per heavy atom. The van der Waals surface area contributed by atoms with E-state index < -0.39 is 6.10 Å². The number of thioether (sulfide) groups is 1. The zero-order valence-electron chi connectivity index (χ0n) is 22.8. The number of aliphatic hydroxyl groups is 2. The van der Waals surface area contributed by atoms with E-state index in [0.29, 0.717) is 69.2 Å². The summed E-state index contributed by atoms with van der Waals surface area (Å²) in [6.07, 6.45) is 0.199. The summed E-state index contributed by atoms with van der Waals surface area (Å²) in [6, 6.07) is 17.0. The number of hydrogen-bond acceptors (Lipinski definition) is 11. The maximum Gasteiger partial charge on any atom is 0.230 e. The molecule has 0 bridgehead atoms. The molecule has 0 aliphatic rings. The Morgan fingerprint density at radius 1 is 1.05 bits per heavy atom. The Bertz CT molecular complexity index is 1620. The lowest BCUT2D eigenvalue weighted by molar-refractivity contribution is 0.0886. The summed E-state index contributed by atoms with van der Waals surface area (Å²) in [6.45, 7) is 1.51. The molecule has 0 aliphatic heterocycles. The molecule has 4 aromatic rings. The van der Waals surface area contributed by atoms with Gasteiger partial charge in [0.05, 0.1) is 43.8 Å². The lowest BCUT2D eigenvalue weighted by Crippen LogP contribution is -2.12. The third-order valence-electron chi connectivity index (χ3n) is 6.51. The molecule has 41 heavy (non-hydrogen) atoms. The van der Waals surface area contributed by atoms with E-state index in [9.17, 15) is 15.6 Å². The van der Waals surface area contributed by atoms with Crippen molar-refractivity contribution < 1.29 is 24.1 Å². The molecule has 10 nitrogen and oxygen atoms in total. The third-order valence-corrected chi connectivity index (χ3v) is 7.50. The second-order valence-corrected chi connectivity index (χ2v) is 10.1. The molecule has 0 unspecified atom stereocenters. The molecule has 0 radical (unpaired) electrons. The van der Waals surface area contributed by atoms with E-state index in [-0.39, 0.29) is 23.6 Å². The van der Waals surface area contributed by atoms with Crippen LogP contribution in [0.15, 0.2) is 51.9 Å². The molecule has 2 aromatic carbocycles. The van der Waals surface area contributed by atoms with Crippen LogP contribution in [0.1, 0.15) is 34.6 Å². The van der Waals surface area contributed by atoms with Crippen molar-refractivity contribution in [2.45, 2.75) is 36.6 Å². The molecular weight excluding hydrogens is 542 g/mol. The van der Waals surface area contributed by atoms with Crippen LogP contribution in [0.4, 0.5) is 5.82 Å². The molecule has 4 N–H and O–H groups in total. The summed E-state index contributed by atoms with van der Waals surface area (Å²) >= 11 is 1.27. The first-order chi connectivity index (χ1) is 19.8. The van der Waals surface area contributed by atoms with Gasteiger partial charge in [-0.1, -0.05) is 36.0 Å². The number of nitrogens with zero attached hydrogens (tertiary/aromatic N) is 4. The predicted octanol–water partition coefficient (Wildman–Crippen LogP) is 4.63. The van der Waals surface area contributed by atoms with Crippen LogP contribution in [0.3, 0.4) is 0 Å². The number of nitriles is 2. The first kappa shape index (κ1) is 29.4. The Hall–Kier alpha value is -4.55. The first-order valence-corrected chi connectivity index (χ1v) is 13.6. The number of benzene rings is 2. The minimum absolute atomic E-state index is 0.0258. The van der Waals surface area contributed by atoms with Crippen LogP contribution >= 0.6 is 11.8 Å². The maximum absolute atomic E-state index is 10.1. The van der Waals surface area contributed by atoms with Gasteiger partial charge < -0.3 is 29.8 Å². The van der Waals surface area contributed by atoms with E-state index in [1.807, 2.05) is 12.1 Å². The Kier molecular flexibility index (Phi) is 9.48. The van der Waals surface area contributed by atoms with Crippen molar-refractivity contribution in [2.24, 2.45) is 0 Å². The summed E-state index contributed by atoms with van der Waals surface area (Å²) in [4.78, 5) is 9.05. The van der Waals surface area contributed by atoms with Crippen LogP contribution in [0.25, 0.3) is 22.6 Å². The lowest BCUT2D eigenvalue weighted by Gasteiger charge is -2.13. The molecule has 0 saturated carbocycles. The Labute approximate surface area is 242 Å². The smallest absolute Gasteiger partial charge is 0.230 e. The van der Waals surface area contributed by atoms with Gasteiger partial charge in [-0.15, -0.1) is 0 Å². The normalized spacial score (nSPS) is 11.5. The van der Waals surface area contributed by atoms with Crippen molar-refractivity contribution in [3.8, 4) is 46.2 Å². The molecule has 0 fully saturated rings. The number of hydrogen-bond donors (Lipinski definition) is 3. The third kappa shape index (κ3) is 6.44. The number of rotatable bonds is 11. The number of aryl methyl sites for hydroxylation is 2. The molecule has 0 saturated heterocycles. The van der Waals surface area contributed by atoms with Gasteiger partial charge in [0.25, 0.3) is 0 Å². The average Bonchev–Trinajstić information content (AvgIpc) is 3.38. The SMILES string of the molecule is COc1ccc(OC)c(-c2nc(CSc3nc(N)c(C#N)c(-c4ccc(CC[C@H](O)CO)cc4)c3C#N)c(C)o2)c1. The summed E-state index contributed by atoms with van der Waals surface area (Å²) < 4.78 is 16.7. The second-order valence-electron chi connectivity index (χ2n) is 9.10. The highest BCUT2D eigenvalue weighted by Gasteiger charge is 2.22.